The summed E-state index contributed by atoms with van der Waals surface area (Å²) in [6, 6.07) is 6.91. The molecule has 0 radical (unpaired) electrons. The molecule has 1 aliphatic heterocycles. The third-order valence-electron chi connectivity index (χ3n) is 3.76. The Morgan fingerprint density at radius 2 is 2.11 bits per heavy atom. The molecule has 0 bridgehead atoms. The van der Waals surface area contributed by atoms with Gasteiger partial charge in [-0.15, -0.1) is 0 Å². The van der Waals surface area contributed by atoms with Crippen molar-refractivity contribution in [3.8, 4) is 5.75 Å². The summed E-state index contributed by atoms with van der Waals surface area (Å²) >= 11 is 0. The van der Waals surface area contributed by atoms with Crippen LogP contribution in [0.1, 0.15) is 38.2 Å². The molecular weight excluding hydrogens is 226 g/mol. The van der Waals surface area contributed by atoms with Crippen molar-refractivity contribution < 1.29 is 9.90 Å². The number of hydrogen-bond donors (Lipinski definition) is 2. The normalized spacial score (nSPS) is 23.2. The lowest BCUT2D eigenvalue weighted by Crippen LogP contribution is -2.48. The van der Waals surface area contributed by atoms with E-state index in [9.17, 15) is 9.90 Å². The number of Topliss-reactive ketones (excluding diaryl/α,β-unsaturated/α-hetero) is 1. The highest BCUT2D eigenvalue weighted by atomic mass is 16.3. The molecule has 1 saturated heterocycles. The predicted molar refractivity (Wildman–Crippen MR) is 71.7 cm³/mol. The molecule has 3 heteroatoms. The van der Waals surface area contributed by atoms with Gasteiger partial charge in [0.15, 0.2) is 5.78 Å². The molecule has 98 valence electrons. The Hall–Kier alpha value is -1.35. The van der Waals surface area contributed by atoms with Gasteiger partial charge in [-0.3, -0.25) is 4.79 Å². The largest absolute Gasteiger partial charge is 0.508 e. The smallest absolute Gasteiger partial charge is 0.157 e. The molecule has 1 aromatic rings. The summed E-state index contributed by atoms with van der Waals surface area (Å²) in [7, 11) is 0. The van der Waals surface area contributed by atoms with E-state index in [4.69, 9.17) is 0 Å². The molecule has 3 nitrogen and oxygen atoms in total. The zero-order valence-electron chi connectivity index (χ0n) is 10.9. The first-order valence-electron chi connectivity index (χ1n) is 6.72. The summed E-state index contributed by atoms with van der Waals surface area (Å²) in [5.41, 5.74) is 0.675. The number of phenolic OH excluding ortho intramolecular Hbond substituents is 1. The van der Waals surface area contributed by atoms with Crippen molar-refractivity contribution in [1.82, 2.24) is 5.32 Å². The van der Waals surface area contributed by atoms with Gasteiger partial charge in [-0.25, -0.2) is 0 Å². The van der Waals surface area contributed by atoms with E-state index in [0.717, 1.165) is 37.8 Å². The molecule has 1 unspecified atom stereocenters. The fourth-order valence-electron chi connectivity index (χ4n) is 2.79. The molecule has 1 atom stereocenters. The zero-order valence-corrected chi connectivity index (χ0v) is 10.9. The van der Waals surface area contributed by atoms with Gasteiger partial charge in [0.1, 0.15) is 5.75 Å². The van der Waals surface area contributed by atoms with Crippen LogP contribution < -0.4 is 5.32 Å². The van der Waals surface area contributed by atoms with Crippen LogP contribution in [-0.4, -0.2) is 23.0 Å². The van der Waals surface area contributed by atoms with E-state index in [1.54, 1.807) is 12.1 Å². The molecule has 1 aliphatic rings. The molecule has 0 aromatic heterocycles. The minimum absolute atomic E-state index is 0.244. The van der Waals surface area contributed by atoms with Crippen LogP contribution in [-0.2, 0) is 11.2 Å². The minimum atomic E-state index is -0.299. The maximum atomic E-state index is 12.5. The lowest BCUT2D eigenvalue weighted by molar-refractivity contribution is -0.124. The molecule has 1 heterocycles. The first-order valence-corrected chi connectivity index (χ1v) is 6.72. The topological polar surface area (TPSA) is 49.3 Å². The summed E-state index contributed by atoms with van der Waals surface area (Å²) in [6.07, 6.45) is 4.44. The highest BCUT2D eigenvalue weighted by molar-refractivity contribution is 5.90. The van der Waals surface area contributed by atoms with Gasteiger partial charge in [-0.05, 0) is 43.5 Å². The number of aromatic hydroxyl groups is 1. The second-order valence-corrected chi connectivity index (χ2v) is 5.13. The summed E-state index contributed by atoms with van der Waals surface area (Å²) in [5.74, 6) is 0.529. The second kappa shape index (κ2) is 5.53. The molecule has 18 heavy (non-hydrogen) atoms. The number of carbonyl (C=O) groups excluding carboxylic acids is 1. The Labute approximate surface area is 108 Å². The van der Waals surface area contributed by atoms with Gasteiger partial charge in [0, 0.05) is 6.42 Å². The maximum absolute atomic E-state index is 12.5. The molecule has 1 aromatic carbocycles. The predicted octanol–water partition coefficient (Wildman–Crippen LogP) is 2.43. The summed E-state index contributed by atoms with van der Waals surface area (Å²) in [4.78, 5) is 12.5. The SMILES string of the molecule is CCCC1(C(=O)Cc2ccc(O)cc2)CCCN1. The highest BCUT2D eigenvalue weighted by Gasteiger charge is 2.39. The van der Waals surface area contributed by atoms with Crippen LogP contribution in [0.2, 0.25) is 0 Å². The van der Waals surface area contributed by atoms with E-state index >= 15 is 0 Å². The van der Waals surface area contributed by atoms with Crippen LogP contribution in [0.5, 0.6) is 5.75 Å². The number of benzene rings is 1. The monoisotopic (exact) mass is 247 g/mol. The number of hydrogen-bond acceptors (Lipinski definition) is 3. The van der Waals surface area contributed by atoms with E-state index in [1.165, 1.54) is 0 Å². The Balaban J connectivity index is 2.07. The van der Waals surface area contributed by atoms with Crippen molar-refractivity contribution >= 4 is 5.78 Å². The number of carbonyl (C=O) groups is 1. The Bertz CT molecular complexity index is 405. The Morgan fingerprint density at radius 3 is 2.67 bits per heavy atom. The first-order chi connectivity index (χ1) is 8.66. The fraction of sp³-hybridized carbons (Fsp3) is 0.533. The number of ketones is 1. The van der Waals surface area contributed by atoms with E-state index in [1.807, 2.05) is 12.1 Å². The van der Waals surface area contributed by atoms with E-state index in [0.29, 0.717) is 6.42 Å². The van der Waals surface area contributed by atoms with Crippen molar-refractivity contribution in [2.45, 2.75) is 44.6 Å². The molecule has 0 aliphatic carbocycles. The third kappa shape index (κ3) is 2.72. The molecule has 2 rings (SSSR count). The minimum Gasteiger partial charge on any atom is -0.508 e. The molecule has 0 spiro atoms. The van der Waals surface area contributed by atoms with Crippen LogP contribution >= 0.6 is 0 Å². The van der Waals surface area contributed by atoms with Crippen LogP contribution in [0.4, 0.5) is 0 Å². The standard InChI is InChI=1S/C15H21NO2/c1-2-8-15(9-3-10-16-15)14(18)11-12-4-6-13(17)7-5-12/h4-7,16-17H,2-3,8-11H2,1H3. The molecule has 1 fully saturated rings. The first kappa shape index (κ1) is 13.1. The molecular formula is C15H21NO2. The average Bonchev–Trinajstić information content (AvgIpc) is 2.82. The van der Waals surface area contributed by atoms with Gasteiger partial charge in [0.2, 0.25) is 0 Å². The lowest BCUT2D eigenvalue weighted by atomic mass is 9.84. The number of phenols is 1. The van der Waals surface area contributed by atoms with Gasteiger partial charge < -0.3 is 10.4 Å². The number of rotatable bonds is 5. The van der Waals surface area contributed by atoms with Gasteiger partial charge in [0.05, 0.1) is 5.54 Å². The Kier molecular flexibility index (Phi) is 4.02. The number of nitrogens with one attached hydrogen (secondary N) is 1. The van der Waals surface area contributed by atoms with Crippen LogP contribution in [0.3, 0.4) is 0 Å². The molecule has 2 N–H and O–H groups in total. The van der Waals surface area contributed by atoms with Crippen molar-refractivity contribution in [3.05, 3.63) is 29.8 Å². The van der Waals surface area contributed by atoms with Crippen LogP contribution in [0, 0.1) is 0 Å². The van der Waals surface area contributed by atoms with Gasteiger partial charge in [0.25, 0.3) is 0 Å². The average molecular weight is 247 g/mol. The van der Waals surface area contributed by atoms with Crippen molar-refractivity contribution in [3.63, 3.8) is 0 Å². The zero-order chi connectivity index (χ0) is 13.0. The van der Waals surface area contributed by atoms with Gasteiger partial charge in [-0.1, -0.05) is 25.5 Å². The highest BCUT2D eigenvalue weighted by Crippen LogP contribution is 2.27. The fourth-order valence-corrected chi connectivity index (χ4v) is 2.79. The lowest BCUT2D eigenvalue weighted by Gasteiger charge is -2.27. The van der Waals surface area contributed by atoms with Crippen molar-refractivity contribution in [2.24, 2.45) is 0 Å². The van der Waals surface area contributed by atoms with Crippen molar-refractivity contribution in [2.75, 3.05) is 6.54 Å². The van der Waals surface area contributed by atoms with E-state index < -0.39 is 0 Å². The van der Waals surface area contributed by atoms with E-state index in [-0.39, 0.29) is 17.1 Å². The quantitative estimate of drug-likeness (QED) is 0.840. The summed E-state index contributed by atoms with van der Waals surface area (Å²) in [6.45, 7) is 3.07. The van der Waals surface area contributed by atoms with Gasteiger partial charge in [-0.2, -0.15) is 0 Å². The summed E-state index contributed by atoms with van der Waals surface area (Å²) < 4.78 is 0. The molecule has 0 saturated carbocycles. The second-order valence-electron chi connectivity index (χ2n) is 5.13. The van der Waals surface area contributed by atoms with Gasteiger partial charge >= 0.3 is 0 Å². The maximum Gasteiger partial charge on any atom is 0.157 e. The van der Waals surface area contributed by atoms with E-state index in [2.05, 4.69) is 12.2 Å². The third-order valence-corrected chi connectivity index (χ3v) is 3.76. The Morgan fingerprint density at radius 1 is 1.39 bits per heavy atom. The molecule has 0 amide bonds. The summed E-state index contributed by atoms with van der Waals surface area (Å²) in [5, 5.41) is 12.6. The van der Waals surface area contributed by atoms with Crippen molar-refractivity contribution in [1.29, 1.82) is 0 Å². The van der Waals surface area contributed by atoms with Crippen LogP contribution in [0.15, 0.2) is 24.3 Å². The van der Waals surface area contributed by atoms with Crippen LogP contribution in [0.25, 0.3) is 0 Å².